The number of likely N-dealkylation sites (tertiary alicyclic amines) is 1. The summed E-state index contributed by atoms with van der Waals surface area (Å²) in [6.45, 7) is 1.76. The minimum atomic E-state index is -4.54. The summed E-state index contributed by atoms with van der Waals surface area (Å²) in [5, 5.41) is 9.02. The van der Waals surface area contributed by atoms with Crippen LogP contribution in [0.15, 0.2) is 41.5 Å². The van der Waals surface area contributed by atoms with Crippen LogP contribution in [0.25, 0.3) is 0 Å². The van der Waals surface area contributed by atoms with Crippen LogP contribution in [0.3, 0.4) is 0 Å². The van der Waals surface area contributed by atoms with Crippen LogP contribution in [0.5, 0.6) is 0 Å². The summed E-state index contributed by atoms with van der Waals surface area (Å²) < 4.78 is 57.0. The average Bonchev–Trinajstić information content (AvgIpc) is 3.58. The van der Waals surface area contributed by atoms with E-state index in [4.69, 9.17) is 24.5 Å². The number of nitrogens with zero attached hydrogens (tertiary/aromatic N) is 5. The molecule has 0 radical (unpaired) electrons. The highest BCUT2D eigenvalue weighted by Crippen LogP contribution is 2.50. The number of carbonyl (C=O) groups excluding carboxylic acids is 2. The van der Waals surface area contributed by atoms with Gasteiger partial charge in [0.25, 0.3) is 0 Å². The zero-order valence-corrected chi connectivity index (χ0v) is 24.9. The third-order valence-corrected chi connectivity index (χ3v) is 9.40. The van der Waals surface area contributed by atoms with E-state index in [2.05, 4.69) is 4.98 Å². The molecule has 10 nitrogen and oxygen atoms in total. The average molecular weight is 626 g/mol. The first kappa shape index (κ1) is 31.0. The molecule has 1 aromatic carbocycles. The lowest BCUT2D eigenvalue weighted by Gasteiger charge is -2.36. The Hall–Kier alpha value is -4.02. The standard InChI is InChI=1S/C32H34F3N5O5/c1-43-28-18-44-9-7-27(28)38-25-11-24-16-40(30(42)45-17-21-4-2-20(13-36)3-5-21)19-31(24,12-25)29(41)39-8-6-26-22(15-39)10-23(14-37-26)32(33,34)35/h2-5,10,14,24,27-28H,6-9,11-12,15-19H2,1H3/t24-,27?,28?,31-/m0/s1. The molecule has 0 N–H and O–H groups in total. The van der Waals surface area contributed by atoms with Crippen molar-refractivity contribution in [3.05, 3.63) is 64.5 Å². The second-order valence-electron chi connectivity index (χ2n) is 12.2. The topological polar surface area (TPSA) is 117 Å². The van der Waals surface area contributed by atoms with Crippen LogP contribution < -0.4 is 0 Å². The lowest BCUT2D eigenvalue weighted by atomic mass is 9.79. The maximum Gasteiger partial charge on any atom is 0.417 e. The van der Waals surface area contributed by atoms with Gasteiger partial charge in [-0.25, -0.2) is 4.79 Å². The number of carbonyl (C=O) groups is 2. The van der Waals surface area contributed by atoms with Crippen molar-refractivity contribution < 1.29 is 37.0 Å². The third kappa shape index (κ3) is 6.26. The van der Waals surface area contributed by atoms with Gasteiger partial charge in [0.1, 0.15) is 12.7 Å². The fraction of sp³-hybridized carbons (Fsp3) is 0.531. The van der Waals surface area contributed by atoms with E-state index >= 15 is 0 Å². The maximum atomic E-state index is 14.4. The zero-order chi connectivity index (χ0) is 31.8. The molecule has 3 aliphatic heterocycles. The number of amides is 2. The molecule has 4 aliphatic rings. The van der Waals surface area contributed by atoms with Crippen molar-refractivity contribution in [3.63, 3.8) is 0 Å². The third-order valence-electron chi connectivity index (χ3n) is 9.40. The summed E-state index contributed by atoms with van der Waals surface area (Å²) >= 11 is 0. The molecule has 238 valence electrons. The maximum absolute atomic E-state index is 14.4. The zero-order valence-electron chi connectivity index (χ0n) is 24.9. The highest BCUT2D eigenvalue weighted by atomic mass is 19.4. The van der Waals surface area contributed by atoms with Gasteiger partial charge in [0, 0.05) is 70.3 Å². The number of aliphatic imine (C=N–C) groups is 1. The number of hydrogen-bond acceptors (Lipinski definition) is 8. The van der Waals surface area contributed by atoms with Crippen molar-refractivity contribution >= 4 is 17.7 Å². The Morgan fingerprint density at radius 1 is 1.24 bits per heavy atom. The van der Waals surface area contributed by atoms with E-state index in [0.29, 0.717) is 68.8 Å². The van der Waals surface area contributed by atoms with Crippen LogP contribution in [0.4, 0.5) is 18.0 Å². The Labute approximate surface area is 258 Å². The van der Waals surface area contributed by atoms with Gasteiger partial charge < -0.3 is 24.0 Å². The van der Waals surface area contributed by atoms with Gasteiger partial charge in [-0.1, -0.05) is 12.1 Å². The van der Waals surface area contributed by atoms with Gasteiger partial charge in [-0.05, 0) is 48.1 Å². The van der Waals surface area contributed by atoms with Crippen LogP contribution >= 0.6 is 0 Å². The number of aromatic nitrogens is 1. The van der Waals surface area contributed by atoms with Gasteiger partial charge in [-0.2, -0.15) is 18.4 Å². The highest BCUT2D eigenvalue weighted by Gasteiger charge is 2.59. The van der Waals surface area contributed by atoms with Gasteiger partial charge in [-0.15, -0.1) is 0 Å². The second-order valence-corrected chi connectivity index (χ2v) is 12.2. The highest BCUT2D eigenvalue weighted by molar-refractivity contribution is 5.98. The number of nitriles is 1. The molecular weight excluding hydrogens is 591 g/mol. The molecule has 4 heterocycles. The number of alkyl halides is 3. The Kier molecular flexibility index (Phi) is 8.54. The van der Waals surface area contributed by atoms with Crippen molar-refractivity contribution in [2.24, 2.45) is 16.3 Å². The van der Waals surface area contributed by atoms with E-state index in [1.54, 1.807) is 41.2 Å². The summed E-state index contributed by atoms with van der Waals surface area (Å²) in [6.07, 6.45) is -2.55. The van der Waals surface area contributed by atoms with Crippen LogP contribution in [0.1, 0.15) is 47.2 Å². The normalized spacial score (nSPS) is 27.2. The molecule has 1 saturated carbocycles. The van der Waals surface area contributed by atoms with Gasteiger partial charge in [-0.3, -0.25) is 14.8 Å². The molecule has 0 bridgehead atoms. The first-order chi connectivity index (χ1) is 21.6. The van der Waals surface area contributed by atoms with Gasteiger partial charge in [0.2, 0.25) is 5.91 Å². The first-order valence-corrected chi connectivity index (χ1v) is 15.0. The number of halogens is 3. The molecular formula is C32H34F3N5O5. The number of pyridine rings is 1. The monoisotopic (exact) mass is 625 g/mol. The lowest BCUT2D eigenvalue weighted by Crippen LogP contribution is -2.49. The smallest absolute Gasteiger partial charge is 0.417 e. The Morgan fingerprint density at radius 3 is 2.78 bits per heavy atom. The van der Waals surface area contributed by atoms with Crippen LogP contribution in [0.2, 0.25) is 0 Å². The summed E-state index contributed by atoms with van der Waals surface area (Å²) in [5.41, 5.74) is 1.22. The minimum absolute atomic E-state index is 0.0129. The number of fused-ring (bicyclic) bond motifs is 2. The van der Waals surface area contributed by atoms with Crippen LogP contribution in [-0.2, 0) is 44.8 Å². The van der Waals surface area contributed by atoms with E-state index in [1.165, 1.54) is 0 Å². The molecule has 45 heavy (non-hydrogen) atoms. The summed E-state index contributed by atoms with van der Waals surface area (Å²) in [5.74, 6) is -0.425. The number of rotatable bonds is 5. The number of benzene rings is 1. The quantitative estimate of drug-likeness (QED) is 0.490. The van der Waals surface area contributed by atoms with Crippen molar-refractivity contribution in [3.8, 4) is 6.07 Å². The number of methoxy groups -OCH3 is 1. The van der Waals surface area contributed by atoms with Gasteiger partial charge in [0.05, 0.1) is 35.3 Å². The van der Waals surface area contributed by atoms with Crippen molar-refractivity contribution in [1.82, 2.24) is 14.8 Å². The van der Waals surface area contributed by atoms with E-state index in [9.17, 15) is 22.8 Å². The Morgan fingerprint density at radius 2 is 2.04 bits per heavy atom. The summed E-state index contributed by atoms with van der Waals surface area (Å²) in [7, 11) is 1.62. The molecule has 6 rings (SSSR count). The molecule has 3 fully saturated rings. The molecule has 2 aromatic rings. The predicted molar refractivity (Wildman–Crippen MR) is 154 cm³/mol. The largest absolute Gasteiger partial charge is 0.445 e. The summed E-state index contributed by atoms with van der Waals surface area (Å²) in [6, 6.07) is 9.75. The molecule has 4 atom stereocenters. The first-order valence-electron chi connectivity index (χ1n) is 15.0. The Balaban J connectivity index is 1.23. The van der Waals surface area contributed by atoms with Crippen LogP contribution in [-0.4, -0.2) is 84.6 Å². The van der Waals surface area contributed by atoms with E-state index in [0.717, 1.165) is 23.5 Å². The van der Waals surface area contributed by atoms with Crippen molar-refractivity contribution in [2.45, 2.75) is 57.2 Å². The van der Waals surface area contributed by atoms with E-state index < -0.39 is 23.2 Å². The van der Waals surface area contributed by atoms with E-state index in [-0.39, 0.29) is 43.7 Å². The van der Waals surface area contributed by atoms with Gasteiger partial charge in [0.15, 0.2) is 0 Å². The van der Waals surface area contributed by atoms with Crippen molar-refractivity contribution in [1.29, 1.82) is 5.26 Å². The number of ether oxygens (including phenoxy) is 3. The predicted octanol–water partition coefficient (Wildman–Crippen LogP) is 4.15. The molecule has 2 saturated heterocycles. The van der Waals surface area contributed by atoms with E-state index in [1.807, 2.05) is 6.07 Å². The SMILES string of the molecule is COC1COCCC1N=C1C[C@H]2CN(C(=O)OCc3ccc(C#N)cc3)C[C@@]2(C(=O)N2CCc3ncc(C(F)(F)F)cc3C2)C1. The summed E-state index contributed by atoms with van der Waals surface area (Å²) in [4.78, 5) is 39.9. The van der Waals surface area contributed by atoms with Crippen molar-refractivity contribution in [2.75, 3.05) is 40.0 Å². The number of hydrogen-bond donors (Lipinski definition) is 0. The lowest BCUT2D eigenvalue weighted by molar-refractivity contribution is -0.143. The Bertz CT molecular complexity index is 1520. The fourth-order valence-electron chi connectivity index (χ4n) is 7.00. The minimum Gasteiger partial charge on any atom is -0.445 e. The van der Waals surface area contributed by atoms with Gasteiger partial charge >= 0.3 is 12.3 Å². The molecule has 0 spiro atoms. The molecule has 1 aliphatic carbocycles. The molecule has 13 heteroatoms. The molecule has 2 unspecified atom stereocenters. The second kappa shape index (κ2) is 12.4. The van der Waals surface area contributed by atoms with Crippen LogP contribution in [0, 0.1) is 22.7 Å². The fourth-order valence-corrected chi connectivity index (χ4v) is 7.00. The molecule has 2 amide bonds. The molecule has 1 aromatic heterocycles.